The topological polar surface area (TPSA) is 105 Å². The van der Waals surface area contributed by atoms with Crippen molar-refractivity contribution >= 4 is 46.1 Å². The molecule has 2 amide bonds. The predicted molar refractivity (Wildman–Crippen MR) is 144 cm³/mol. The summed E-state index contributed by atoms with van der Waals surface area (Å²) in [5.41, 5.74) is 1.54. The molecular formula is C26H33N7O3S. The number of nitrogens with zero attached hydrogens (tertiary/aromatic N) is 6. The maximum absolute atomic E-state index is 12.9. The van der Waals surface area contributed by atoms with Gasteiger partial charge in [-0.2, -0.15) is 5.10 Å². The van der Waals surface area contributed by atoms with Gasteiger partial charge < -0.3 is 19.9 Å². The van der Waals surface area contributed by atoms with Gasteiger partial charge in [-0.25, -0.2) is 14.6 Å². The maximum atomic E-state index is 12.9. The minimum Gasteiger partial charge on any atom is -0.497 e. The van der Waals surface area contributed by atoms with Crippen LogP contribution >= 0.6 is 11.8 Å². The largest absolute Gasteiger partial charge is 0.497 e. The van der Waals surface area contributed by atoms with Gasteiger partial charge in [0.15, 0.2) is 10.8 Å². The molecule has 37 heavy (non-hydrogen) atoms. The summed E-state index contributed by atoms with van der Waals surface area (Å²) in [6.07, 6.45) is 5.41. The lowest BCUT2D eigenvalue weighted by molar-refractivity contribution is -0.126. The van der Waals surface area contributed by atoms with E-state index >= 15 is 0 Å². The van der Waals surface area contributed by atoms with Crippen molar-refractivity contribution in [3.8, 4) is 5.75 Å². The van der Waals surface area contributed by atoms with Crippen molar-refractivity contribution in [2.45, 2.75) is 44.3 Å². The lowest BCUT2D eigenvalue weighted by atomic mass is 10.1. The minimum absolute atomic E-state index is 0.0604. The van der Waals surface area contributed by atoms with Gasteiger partial charge in [-0.3, -0.25) is 9.59 Å². The number of thioether (sulfide) groups is 1. The highest BCUT2D eigenvalue weighted by Crippen LogP contribution is 2.30. The second-order valence-electron chi connectivity index (χ2n) is 9.38. The van der Waals surface area contributed by atoms with Crippen LogP contribution in [0.15, 0.2) is 35.6 Å². The summed E-state index contributed by atoms with van der Waals surface area (Å²) >= 11 is 1.66. The molecule has 10 nitrogen and oxygen atoms in total. The quantitative estimate of drug-likeness (QED) is 0.319. The van der Waals surface area contributed by atoms with Gasteiger partial charge in [0, 0.05) is 50.1 Å². The summed E-state index contributed by atoms with van der Waals surface area (Å²) in [5, 5.41) is 9.29. The molecule has 3 aromatic rings. The summed E-state index contributed by atoms with van der Waals surface area (Å²) in [6.45, 7) is 5.39. The number of rotatable bonds is 10. The highest BCUT2D eigenvalue weighted by Gasteiger charge is 2.35. The van der Waals surface area contributed by atoms with Crippen molar-refractivity contribution in [2.24, 2.45) is 5.92 Å². The first-order chi connectivity index (χ1) is 18.1. The summed E-state index contributed by atoms with van der Waals surface area (Å²) in [5.74, 6) is 2.02. The van der Waals surface area contributed by atoms with Crippen LogP contribution in [0.5, 0.6) is 5.75 Å². The molecule has 2 fully saturated rings. The van der Waals surface area contributed by atoms with E-state index in [4.69, 9.17) is 14.7 Å². The van der Waals surface area contributed by atoms with E-state index in [9.17, 15) is 9.59 Å². The number of anilines is 2. The summed E-state index contributed by atoms with van der Waals surface area (Å²) in [7, 11) is 1.59. The number of amides is 2. The fraction of sp³-hybridized carbons (Fsp3) is 0.500. The molecule has 2 aromatic heterocycles. The molecule has 4 heterocycles. The van der Waals surface area contributed by atoms with E-state index in [1.165, 1.54) is 12.8 Å². The first kappa shape index (κ1) is 25.3. The third-order valence-corrected chi connectivity index (χ3v) is 7.83. The standard InChI is InChI=1S/C26H33N7O3S/c1-3-13-37-26-29-23(31-10-4-5-11-31)21-16-28-33(24(21)30-26)12-9-27-25(35)18-14-22(34)32(17-18)19-7-6-8-20(15-19)36-2/h6-8,15-16,18H,3-5,9-14,17H2,1-2H3,(H,27,35). The van der Waals surface area contributed by atoms with Gasteiger partial charge in [0.1, 0.15) is 11.6 Å². The molecule has 0 saturated carbocycles. The summed E-state index contributed by atoms with van der Waals surface area (Å²) in [6, 6.07) is 7.34. The molecule has 0 spiro atoms. The number of carbonyl (C=O) groups excluding carboxylic acids is 2. The van der Waals surface area contributed by atoms with Gasteiger partial charge >= 0.3 is 0 Å². The van der Waals surface area contributed by atoms with E-state index in [1.54, 1.807) is 23.8 Å². The molecule has 0 aliphatic carbocycles. The zero-order valence-electron chi connectivity index (χ0n) is 21.4. The number of carbonyl (C=O) groups is 2. The van der Waals surface area contributed by atoms with Crippen LogP contribution in [0.2, 0.25) is 0 Å². The second kappa shape index (κ2) is 11.4. The average molecular weight is 524 g/mol. The van der Waals surface area contributed by atoms with Crippen LogP contribution in [0, 0.1) is 5.92 Å². The number of benzene rings is 1. The van der Waals surface area contributed by atoms with Crippen molar-refractivity contribution in [3.05, 3.63) is 30.5 Å². The highest BCUT2D eigenvalue weighted by atomic mass is 32.2. The third-order valence-electron chi connectivity index (χ3n) is 6.78. The fourth-order valence-corrected chi connectivity index (χ4v) is 5.54. The molecular weight excluding hydrogens is 490 g/mol. The van der Waals surface area contributed by atoms with Crippen molar-refractivity contribution in [3.63, 3.8) is 0 Å². The Morgan fingerprint density at radius 2 is 2.08 bits per heavy atom. The minimum atomic E-state index is -0.394. The first-order valence-electron chi connectivity index (χ1n) is 12.9. The fourth-order valence-electron chi connectivity index (χ4n) is 4.85. The average Bonchev–Trinajstić information content (AvgIpc) is 3.67. The Balaban J connectivity index is 1.24. The monoisotopic (exact) mass is 523 g/mol. The SMILES string of the molecule is CCCSc1nc(N2CCCC2)c2cnn(CCNC(=O)C3CC(=O)N(c4cccc(OC)c4)C3)c2n1. The van der Waals surface area contributed by atoms with Gasteiger partial charge in [-0.1, -0.05) is 24.8 Å². The van der Waals surface area contributed by atoms with Crippen LogP contribution in [0.4, 0.5) is 11.5 Å². The molecule has 11 heteroatoms. The van der Waals surface area contributed by atoms with E-state index in [0.29, 0.717) is 25.4 Å². The van der Waals surface area contributed by atoms with Crippen molar-refractivity contribution in [1.29, 1.82) is 0 Å². The smallest absolute Gasteiger partial charge is 0.227 e. The summed E-state index contributed by atoms with van der Waals surface area (Å²) < 4.78 is 7.11. The number of hydrogen-bond acceptors (Lipinski definition) is 8. The van der Waals surface area contributed by atoms with Gasteiger partial charge in [-0.15, -0.1) is 0 Å². The molecule has 1 aromatic carbocycles. The van der Waals surface area contributed by atoms with E-state index in [1.807, 2.05) is 35.1 Å². The predicted octanol–water partition coefficient (Wildman–Crippen LogP) is 3.11. The lowest BCUT2D eigenvalue weighted by Gasteiger charge is -2.18. The molecule has 2 aliphatic rings. The van der Waals surface area contributed by atoms with Gasteiger partial charge in [0.05, 0.1) is 31.2 Å². The Hall–Kier alpha value is -3.34. The molecule has 1 atom stereocenters. The first-order valence-corrected chi connectivity index (χ1v) is 13.9. The van der Waals surface area contributed by atoms with Crippen molar-refractivity contribution < 1.29 is 14.3 Å². The third kappa shape index (κ3) is 5.51. The van der Waals surface area contributed by atoms with Crippen LogP contribution in [-0.2, 0) is 16.1 Å². The van der Waals surface area contributed by atoms with E-state index in [2.05, 4.69) is 22.2 Å². The number of fused-ring (bicyclic) bond motifs is 1. The van der Waals surface area contributed by atoms with Crippen molar-refractivity contribution in [2.75, 3.05) is 48.8 Å². The van der Waals surface area contributed by atoms with Gasteiger partial charge in [-0.05, 0) is 31.4 Å². The van der Waals surface area contributed by atoms with E-state index in [-0.39, 0.29) is 18.2 Å². The number of ether oxygens (including phenoxy) is 1. The number of hydrogen-bond donors (Lipinski definition) is 1. The second-order valence-corrected chi connectivity index (χ2v) is 10.4. The van der Waals surface area contributed by atoms with Crippen LogP contribution < -0.4 is 19.9 Å². The Morgan fingerprint density at radius 1 is 1.24 bits per heavy atom. The zero-order chi connectivity index (χ0) is 25.8. The Bertz CT molecular complexity index is 1270. The Kier molecular flexibility index (Phi) is 7.78. The Labute approximate surface area is 220 Å². The van der Waals surface area contributed by atoms with Crippen LogP contribution in [-0.4, -0.2) is 70.6 Å². The molecule has 0 bridgehead atoms. The lowest BCUT2D eigenvalue weighted by Crippen LogP contribution is -2.35. The van der Waals surface area contributed by atoms with Gasteiger partial charge in [0.2, 0.25) is 11.8 Å². The van der Waals surface area contributed by atoms with Crippen LogP contribution in [0.3, 0.4) is 0 Å². The van der Waals surface area contributed by atoms with Crippen LogP contribution in [0.1, 0.15) is 32.6 Å². The molecule has 1 N–H and O–H groups in total. The Morgan fingerprint density at radius 3 is 2.86 bits per heavy atom. The number of methoxy groups -OCH3 is 1. The summed E-state index contributed by atoms with van der Waals surface area (Å²) in [4.78, 5) is 39.1. The molecule has 196 valence electrons. The van der Waals surface area contributed by atoms with E-state index in [0.717, 1.165) is 53.0 Å². The zero-order valence-corrected chi connectivity index (χ0v) is 22.2. The molecule has 2 aliphatic heterocycles. The number of aromatic nitrogens is 4. The van der Waals surface area contributed by atoms with Crippen molar-refractivity contribution in [1.82, 2.24) is 25.1 Å². The highest BCUT2D eigenvalue weighted by molar-refractivity contribution is 7.99. The molecule has 5 rings (SSSR count). The molecule has 1 unspecified atom stereocenters. The molecule has 2 saturated heterocycles. The van der Waals surface area contributed by atoms with E-state index < -0.39 is 5.92 Å². The molecule has 0 radical (unpaired) electrons. The number of nitrogens with one attached hydrogen (secondary N) is 1. The normalized spacial score (nSPS) is 17.7. The maximum Gasteiger partial charge on any atom is 0.227 e. The van der Waals surface area contributed by atoms with Gasteiger partial charge in [0.25, 0.3) is 0 Å². The van der Waals surface area contributed by atoms with Crippen LogP contribution in [0.25, 0.3) is 11.0 Å².